The van der Waals surface area contributed by atoms with E-state index in [2.05, 4.69) is 69.7 Å². The van der Waals surface area contributed by atoms with Crippen molar-refractivity contribution in [1.82, 2.24) is 10.3 Å². The fourth-order valence-corrected chi connectivity index (χ4v) is 3.92. The van der Waals surface area contributed by atoms with Crippen LogP contribution in [-0.4, -0.2) is 35.1 Å². The van der Waals surface area contributed by atoms with Crippen LogP contribution in [0.25, 0.3) is 0 Å². The van der Waals surface area contributed by atoms with E-state index in [9.17, 15) is 0 Å². The molecule has 0 radical (unpaired) electrons. The van der Waals surface area contributed by atoms with Crippen LogP contribution in [0, 0.1) is 0 Å². The van der Waals surface area contributed by atoms with Gasteiger partial charge in [-0.15, -0.1) is 0 Å². The Labute approximate surface area is 135 Å². The van der Waals surface area contributed by atoms with Crippen molar-refractivity contribution in [3.05, 3.63) is 22.3 Å². The second kappa shape index (κ2) is 7.66. The SMILES string of the molecule is CCC1CN(c2ncc(Br)cc2CNC(C)C)CCS1. The van der Waals surface area contributed by atoms with E-state index in [1.165, 1.54) is 17.7 Å². The molecule has 1 aromatic heterocycles. The summed E-state index contributed by atoms with van der Waals surface area (Å²) in [7, 11) is 0. The second-order valence-corrected chi connectivity index (χ2v) is 7.84. The van der Waals surface area contributed by atoms with Crippen molar-refractivity contribution in [2.75, 3.05) is 23.7 Å². The standard InChI is InChI=1S/C15H24BrN3S/c1-4-14-10-19(5-6-20-14)15-12(8-17-11(2)3)7-13(16)9-18-15/h7,9,11,14,17H,4-6,8,10H2,1-3H3. The number of anilines is 1. The van der Waals surface area contributed by atoms with Crippen molar-refractivity contribution in [2.24, 2.45) is 0 Å². The fourth-order valence-electron chi connectivity index (χ4n) is 2.36. The molecule has 2 heterocycles. The van der Waals surface area contributed by atoms with Crippen molar-refractivity contribution in [1.29, 1.82) is 0 Å². The van der Waals surface area contributed by atoms with Gasteiger partial charge in [0.05, 0.1) is 0 Å². The van der Waals surface area contributed by atoms with Crippen LogP contribution < -0.4 is 10.2 Å². The molecule has 1 saturated heterocycles. The van der Waals surface area contributed by atoms with Crippen LogP contribution in [0.15, 0.2) is 16.7 Å². The van der Waals surface area contributed by atoms with Gasteiger partial charge in [-0.3, -0.25) is 0 Å². The summed E-state index contributed by atoms with van der Waals surface area (Å²) in [5.41, 5.74) is 1.29. The number of nitrogens with zero attached hydrogens (tertiary/aromatic N) is 2. The topological polar surface area (TPSA) is 28.2 Å². The number of aromatic nitrogens is 1. The average molecular weight is 358 g/mol. The molecule has 112 valence electrons. The van der Waals surface area contributed by atoms with Crippen LogP contribution in [0.1, 0.15) is 32.8 Å². The van der Waals surface area contributed by atoms with E-state index in [1.807, 2.05) is 6.20 Å². The lowest BCUT2D eigenvalue weighted by Gasteiger charge is -2.34. The maximum atomic E-state index is 4.68. The second-order valence-electron chi connectivity index (χ2n) is 5.52. The molecule has 0 spiro atoms. The summed E-state index contributed by atoms with van der Waals surface area (Å²) in [6.07, 6.45) is 3.15. The smallest absolute Gasteiger partial charge is 0.133 e. The number of pyridine rings is 1. The summed E-state index contributed by atoms with van der Waals surface area (Å²) in [5.74, 6) is 2.35. The molecule has 0 bridgehead atoms. The van der Waals surface area contributed by atoms with Crippen molar-refractivity contribution >= 4 is 33.5 Å². The van der Waals surface area contributed by atoms with Gasteiger partial charge in [-0.1, -0.05) is 20.8 Å². The van der Waals surface area contributed by atoms with E-state index < -0.39 is 0 Å². The molecule has 1 aromatic rings. The average Bonchev–Trinajstić information content (AvgIpc) is 2.45. The quantitative estimate of drug-likeness (QED) is 0.869. The molecular formula is C15H24BrN3S. The zero-order valence-corrected chi connectivity index (χ0v) is 14.9. The molecule has 1 atom stereocenters. The third-order valence-electron chi connectivity index (χ3n) is 3.50. The molecule has 1 aliphatic heterocycles. The highest BCUT2D eigenvalue weighted by molar-refractivity contribution is 9.10. The molecule has 2 rings (SSSR count). The van der Waals surface area contributed by atoms with Crippen molar-refractivity contribution in [2.45, 2.75) is 45.0 Å². The Morgan fingerprint density at radius 2 is 2.35 bits per heavy atom. The number of rotatable bonds is 5. The van der Waals surface area contributed by atoms with Gasteiger partial charge >= 0.3 is 0 Å². The van der Waals surface area contributed by atoms with Crippen LogP contribution in [0.5, 0.6) is 0 Å². The molecule has 20 heavy (non-hydrogen) atoms. The summed E-state index contributed by atoms with van der Waals surface area (Å²) < 4.78 is 1.06. The first-order valence-corrected chi connectivity index (χ1v) is 9.18. The number of halogens is 1. The van der Waals surface area contributed by atoms with Gasteiger partial charge in [-0.05, 0) is 28.4 Å². The highest BCUT2D eigenvalue weighted by Gasteiger charge is 2.22. The molecule has 5 heteroatoms. The molecule has 1 fully saturated rings. The lowest BCUT2D eigenvalue weighted by Crippen LogP contribution is -2.39. The molecule has 0 amide bonds. The van der Waals surface area contributed by atoms with E-state index in [0.717, 1.165) is 35.2 Å². The van der Waals surface area contributed by atoms with E-state index in [-0.39, 0.29) is 0 Å². The summed E-state index contributed by atoms with van der Waals surface area (Å²) in [5, 5.41) is 4.24. The third-order valence-corrected chi connectivity index (χ3v) is 5.31. The van der Waals surface area contributed by atoms with Crippen LogP contribution in [0.3, 0.4) is 0 Å². The molecule has 0 aliphatic carbocycles. The van der Waals surface area contributed by atoms with Gasteiger partial charge in [0.15, 0.2) is 0 Å². The van der Waals surface area contributed by atoms with E-state index in [4.69, 9.17) is 0 Å². The van der Waals surface area contributed by atoms with Gasteiger partial charge in [0.2, 0.25) is 0 Å². The maximum absolute atomic E-state index is 4.68. The van der Waals surface area contributed by atoms with Gasteiger partial charge in [0.25, 0.3) is 0 Å². The molecule has 0 aromatic carbocycles. The van der Waals surface area contributed by atoms with E-state index >= 15 is 0 Å². The Balaban J connectivity index is 2.16. The minimum Gasteiger partial charge on any atom is -0.354 e. The van der Waals surface area contributed by atoms with Crippen LogP contribution in [-0.2, 0) is 6.54 Å². The zero-order chi connectivity index (χ0) is 14.5. The Morgan fingerprint density at radius 3 is 3.05 bits per heavy atom. The van der Waals surface area contributed by atoms with Gasteiger partial charge in [0.1, 0.15) is 5.82 Å². The van der Waals surface area contributed by atoms with Crippen LogP contribution >= 0.6 is 27.7 Å². The Bertz CT molecular complexity index is 439. The molecule has 1 aliphatic rings. The Hall–Kier alpha value is -0.260. The highest BCUT2D eigenvalue weighted by Crippen LogP contribution is 2.28. The van der Waals surface area contributed by atoms with Gasteiger partial charge < -0.3 is 10.2 Å². The summed E-state index contributed by atoms with van der Waals surface area (Å²) in [6.45, 7) is 9.72. The number of nitrogens with one attached hydrogen (secondary N) is 1. The highest BCUT2D eigenvalue weighted by atomic mass is 79.9. The van der Waals surface area contributed by atoms with Gasteiger partial charge in [-0.25, -0.2) is 4.98 Å². The minimum atomic E-state index is 0.488. The van der Waals surface area contributed by atoms with Crippen molar-refractivity contribution < 1.29 is 0 Å². The van der Waals surface area contributed by atoms with Gasteiger partial charge in [-0.2, -0.15) is 11.8 Å². The third kappa shape index (κ3) is 4.37. The summed E-state index contributed by atoms with van der Waals surface area (Å²) >= 11 is 5.63. The number of thioether (sulfide) groups is 1. The Kier molecular flexibility index (Phi) is 6.18. The first kappa shape index (κ1) is 16.1. The normalized spacial score (nSPS) is 19.6. The lowest BCUT2D eigenvalue weighted by molar-refractivity contribution is 0.585. The number of hydrogen-bond acceptors (Lipinski definition) is 4. The maximum Gasteiger partial charge on any atom is 0.133 e. The Morgan fingerprint density at radius 1 is 1.55 bits per heavy atom. The summed E-state index contributed by atoms with van der Waals surface area (Å²) in [4.78, 5) is 7.13. The van der Waals surface area contributed by atoms with Crippen LogP contribution in [0.2, 0.25) is 0 Å². The number of hydrogen-bond donors (Lipinski definition) is 1. The monoisotopic (exact) mass is 357 g/mol. The molecule has 1 N–H and O–H groups in total. The molecule has 0 saturated carbocycles. The van der Waals surface area contributed by atoms with E-state index in [0.29, 0.717) is 6.04 Å². The summed E-state index contributed by atoms with van der Waals surface area (Å²) in [6, 6.07) is 2.68. The molecular weight excluding hydrogens is 334 g/mol. The largest absolute Gasteiger partial charge is 0.354 e. The zero-order valence-electron chi connectivity index (χ0n) is 12.5. The van der Waals surface area contributed by atoms with Crippen molar-refractivity contribution in [3.8, 4) is 0 Å². The fraction of sp³-hybridized carbons (Fsp3) is 0.667. The first-order valence-electron chi connectivity index (χ1n) is 7.34. The van der Waals surface area contributed by atoms with Crippen LogP contribution in [0.4, 0.5) is 5.82 Å². The van der Waals surface area contributed by atoms with Gasteiger partial charge in [0, 0.05) is 52.9 Å². The predicted molar refractivity (Wildman–Crippen MR) is 92.7 cm³/mol. The molecule has 1 unspecified atom stereocenters. The minimum absolute atomic E-state index is 0.488. The van der Waals surface area contributed by atoms with E-state index in [1.54, 1.807) is 0 Å². The van der Waals surface area contributed by atoms with Crippen molar-refractivity contribution in [3.63, 3.8) is 0 Å². The lowest BCUT2D eigenvalue weighted by atomic mass is 10.2. The first-order chi connectivity index (χ1) is 9.60. The molecule has 3 nitrogen and oxygen atoms in total. The predicted octanol–water partition coefficient (Wildman–Crippen LogP) is 3.67.